The first kappa shape index (κ1) is 11.3. The molecule has 0 radical (unpaired) electrons. The molecule has 1 aromatic rings. The van der Waals surface area contributed by atoms with Gasteiger partial charge in [-0.3, -0.25) is 9.59 Å². The van der Waals surface area contributed by atoms with E-state index >= 15 is 0 Å². The second-order valence-electron chi connectivity index (χ2n) is 5.62. The summed E-state index contributed by atoms with van der Waals surface area (Å²) < 4.78 is 0. The molecule has 2 unspecified atom stereocenters. The van der Waals surface area contributed by atoms with Gasteiger partial charge in [-0.15, -0.1) is 0 Å². The molecule has 19 heavy (non-hydrogen) atoms. The molecule has 2 aliphatic heterocycles. The number of rotatable bonds is 1. The molecule has 1 N–H and O–H groups in total. The highest BCUT2D eigenvalue weighted by molar-refractivity contribution is 6.52. The van der Waals surface area contributed by atoms with Crippen LogP contribution in [0, 0.1) is 5.92 Å². The summed E-state index contributed by atoms with van der Waals surface area (Å²) in [5.41, 5.74) is 1.93. The molecule has 2 atom stereocenters. The Morgan fingerprint density at radius 1 is 1.26 bits per heavy atom. The Morgan fingerprint density at radius 2 is 2.11 bits per heavy atom. The van der Waals surface area contributed by atoms with Gasteiger partial charge in [-0.25, -0.2) is 0 Å². The zero-order chi connectivity index (χ0) is 13.1. The van der Waals surface area contributed by atoms with Crippen molar-refractivity contribution in [2.75, 3.05) is 16.8 Å². The number of carbonyl (C=O) groups is 2. The van der Waals surface area contributed by atoms with Gasteiger partial charge in [0.05, 0.1) is 22.0 Å². The molecular formula is C14H13ClN2O2. The molecule has 2 bridgehead atoms. The number of ketones is 1. The van der Waals surface area contributed by atoms with Crippen molar-refractivity contribution in [3.05, 3.63) is 22.7 Å². The zero-order valence-electron chi connectivity index (χ0n) is 10.3. The van der Waals surface area contributed by atoms with Crippen LogP contribution in [0.2, 0.25) is 5.02 Å². The predicted octanol–water partition coefficient (Wildman–Crippen LogP) is 2.46. The Bertz CT molecular complexity index is 614. The summed E-state index contributed by atoms with van der Waals surface area (Å²) >= 11 is 6.31. The number of amides is 1. The van der Waals surface area contributed by atoms with E-state index in [4.69, 9.17) is 11.6 Å². The highest BCUT2D eigenvalue weighted by Gasteiger charge is 2.39. The fourth-order valence-electron chi connectivity index (χ4n) is 3.59. The summed E-state index contributed by atoms with van der Waals surface area (Å²) in [5, 5.41) is 3.17. The lowest BCUT2D eigenvalue weighted by atomic mass is 10.1. The molecule has 0 aromatic heterocycles. The number of halogens is 1. The first-order valence-corrected chi connectivity index (χ1v) is 6.97. The molecular weight excluding hydrogens is 264 g/mol. The van der Waals surface area contributed by atoms with Gasteiger partial charge in [-0.05, 0) is 37.3 Å². The van der Waals surface area contributed by atoms with Crippen LogP contribution in [-0.4, -0.2) is 24.3 Å². The SMILES string of the molecule is O=C1Nc2cc(N3CC4CCC3C4)c(Cl)cc2C1=O. The highest BCUT2D eigenvalue weighted by Crippen LogP contribution is 2.44. The quantitative estimate of drug-likeness (QED) is 0.802. The Labute approximate surface area is 115 Å². The van der Waals surface area contributed by atoms with Gasteiger partial charge in [0.15, 0.2) is 0 Å². The standard InChI is InChI=1S/C14H13ClN2O2/c15-10-4-9-11(16-14(19)13(9)18)5-12(10)17-6-7-1-2-8(17)3-7/h4-5,7-8H,1-3,6H2,(H,16,18,19). The maximum atomic E-state index is 11.6. The van der Waals surface area contributed by atoms with Gasteiger partial charge in [0.2, 0.25) is 0 Å². The number of hydrogen-bond acceptors (Lipinski definition) is 3. The summed E-state index contributed by atoms with van der Waals surface area (Å²) in [7, 11) is 0. The van der Waals surface area contributed by atoms with E-state index in [0.717, 1.165) is 18.2 Å². The lowest BCUT2D eigenvalue weighted by Gasteiger charge is -2.30. The van der Waals surface area contributed by atoms with Gasteiger partial charge in [0, 0.05) is 12.6 Å². The van der Waals surface area contributed by atoms with Crippen molar-refractivity contribution in [1.29, 1.82) is 0 Å². The van der Waals surface area contributed by atoms with Crippen LogP contribution in [0.4, 0.5) is 11.4 Å². The minimum absolute atomic E-state index is 0.392. The van der Waals surface area contributed by atoms with Gasteiger partial charge in [-0.2, -0.15) is 0 Å². The van der Waals surface area contributed by atoms with Crippen molar-refractivity contribution >= 4 is 34.7 Å². The summed E-state index contributed by atoms with van der Waals surface area (Å²) in [6.07, 6.45) is 3.75. The minimum Gasteiger partial charge on any atom is -0.367 e. The minimum atomic E-state index is -0.564. The van der Waals surface area contributed by atoms with Crippen molar-refractivity contribution in [3.8, 4) is 0 Å². The lowest BCUT2D eigenvalue weighted by Crippen LogP contribution is -2.32. The van der Waals surface area contributed by atoms with Crippen LogP contribution < -0.4 is 10.2 Å². The summed E-state index contributed by atoms with van der Waals surface area (Å²) in [6.45, 7) is 1.03. The van der Waals surface area contributed by atoms with E-state index in [0.29, 0.717) is 22.3 Å². The molecule has 4 rings (SSSR count). The van der Waals surface area contributed by atoms with E-state index in [1.807, 2.05) is 6.07 Å². The third kappa shape index (κ3) is 1.53. The number of carbonyl (C=O) groups excluding carboxylic acids is 2. The Kier molecular flexibility index (Phi) is 2.22. The molecule has 1 amide bonds. The number of benzene rings is 1. The second-order valence-corrected chi connectivity index (χ2v) is 6.02. The molecule has 3 aliphatic rings. The normalized spacial score (nSPS) is 27.9. The van der Waals surface area contributed by atoms with Crippen LogP contribution >= 0.6 is 11.6 Å². The summed E-state index contributed by atoms with van der Waals surface area (Å²) in [5.74, 6) is -0.289. The van der Waals surface area contributed by atoms with E-state index < -0.39 is 11.7 Å². The zero-order valence-corrected chi connectivity index (χ0v) is 11.0. The molecule has 1 aromatic carbocycles. The fraction of sp³-hybridized carbons (Fsp3) is 0.429. The maximum Gasteiger partial charge on any atom is 0.296 e. The van der Waals surface area contributed by atoms with E-state index in [1.54, 1.807) is 6.07 Å². The number of fused-ring (bicyclic) bond motifs is 3. The third-order valence-corrected chi connectivity index (χ3v) is 4.81. The summed E-state index contributed by atoms with van der Waals surface area (Å²) in [4.78, 5) is 25.3. The fourth-order valence-corrected chi connectivity index (χ4v) is 3.87. The molecule has 5 heteroatoms. The summed E-state index contributed by atoms with van der Waals surface area (Å²) in [6, 6.07) is 4.04. The molecule has 1 aliphatic carbocycles. The monoisotopic (exact) mass is 276 g/mol. The molecule has 4 nitrogen and oxygen atoms in total. The topological polar surface area (TPSA) is 49.4 Å². The molecule has 2 fully saturated rings. The Morgan fingerprint density at radius 3 is 2.79 bits per heavy atom. The van der Waals surface area contributed by atoms with Crippen molar-refractivity contribution in [1.82, 2.24) is 0 Å². The van der Waals surface area contributed by atoms with E-state index in [-0.39, 0.29) is 0 Å². The number of hydrogen-bond donors (Lipinski definition) is 1. The van der Waals surface area contributed by atoms with E-state index in [9.17, 15) is 9.59 Å². The van der Waals surface area contributed by atoms with Crippen LogP contribution in [0.5, 0.6) is 0 Å². The molecule has 0 spiro atoms. The van der Waals surface area contributed by atoms with E-state index in [1.165, 1.54) is 19.3 Å². The number of piperidine rings is 1. The average molecular weight is 277 g/mol. The van der Waals surface area contributed by atoms with Gasteiger partial charge < -0.3 is 10.2 Å². The van der Waals surface area contributed by atoms with E-state index in [2.05, 4.69) is 10.2 Å². The van der Waals surface area contributed by atoms with Crippen molar-refractivity contribution < 1.29 is 9.59 Å². The number of nitrogens with zero attached hydrogens (tertiary/aromatic N) is 1. The van der Waals surface area contributed by atoms with Crippen LogP contribution in [0.25, 0.3) is 0 Å². The first-order valence-electron chi connectivity index (χ1n) is 6.59. The van der Waals surface area contributed by atoms with Gasteiger partial charge in [0.25, 0.3) is 11.7 Å². The van der Waals surface area contributed by atoms with Crippen LogP contribution in [0.3, 0.4) is 0 Å². The van der Waals surface area contributed by atoms with Gasteiger partial charge >= 0.3 is 0 Å². The lowest BCUT2D eigenvalue weighted by molar-refractivity contribution is -0.112. The van der Waals surface area contributed by atoms with Crippen molar-refractivity contribution in [2.45, 2.75) is 25.3 Å². The van der Waals surface area contributed by atoms with Crippen molar-refractivity contribution in [2.24, 2.45) is 5.92 Å². The Balaban J connectivity index is 1.77. The highest BCUT2D eigenvalue weighted by atomic mass is 35.5. The van der Waals surface area contributed by atoms with Crippen LogP contribution in [0.15, 0.2) is 12.1 Å². The number of anilines is 2. The largest absolute Gasteiger partial charge is 0.367 e. The first-order chi connectivity index (χ1) is 9.13. The van der Waals surface area contributed by atoms with Crippen LogP contribution in [0.1, 0.15) is 29.6 Å². The Hall–Kier alpha value is -1.55. The maximum absolute atomic E-state index is 11.6. The van der Waals surface area contributed by atoms with Gasteiger partial charge in [-0.1, -0.05) is 11.6 Å². The average Bonchev–Trinajstić information content (AvgIpc) is 3.06. The molecule has 1 saturated heterocycles. The molecule has 98 valence electrons. The third-order valence-electron chi connectivity index (χ3n) is 4.50. The smallest absolute Gasteiger partial charge is 0.296 e. The number of Topliss-reactive ketones (excluding diaryl/α,β-unsaturated/α-hetero) is 1. The van der Waals surface area contributed by atoms with Crippen molar-refractivity contribution in [3.63, 3.8) is 0 Å². The molecule has 1 saturated carbocycles. The molecule has 2 heterocycles. The van der Waals surface area contributed by atoms with Gasteiger partial charge in [0.1, 0.15) is 0 Å². The number of nitrogens with one attached hydrogen (secondary N) is 1. The second kappa shape index (κ2) is 3.73. The van der Waals surface area contributed by atoms with Crippen LogP contribution in [-0.2, 0) is 4.79 Å². The predicted molar refractivity (Wildman–Crippen MR) is 72.9 cm³/mol.